The summed E-state index contributed by atoms with van der Waals surface area (Å²) in [5.41, 5.74) is 2.19. The van der Waals surface area contributed by atoms with Crippen molar-refractivity contribution in [3.8, 4) is 0 Å². The van der Waals surface area contributed by atoms with Gasteiger partial charge in [-0.25, -0.2) is 15.0 Å². The fraction of sp³-hybridized carbons (Fsp3) is 0.467. The van der Waals surface area contributed by atoms with Crippen LogP contribution in [0.4, 0.5) is 0 Å². The van der Waals surface area contributed by atoms with Crippen LogP contribution in [0.15, 0.2) is 18.7 Å². The third kappa shape index (κ3) is 3.87. The average molecular weight is 287 g/mol. The minimum Gasteiger partial charge on any atom is -0.346 e. The first-order chi connectivity index (χ1) is 9.97. The van der Waals surface area contributed by atoms with Crippen molar-refractivity contribution < 1.29 is 4.79 Å². The molecular weight excluding hydrogens is 266 g/mol. The second kappa shape index (κ2) is 6.47. The van der Waals surface area contributed by atoms with Crippen molar-refractivity contribution in [1.29, 1.82) is 0 Å². The summed E-state index contributed by atoms with van der Waals surface area (Å²) in [4.78, 5) is 24.6. The second-order valence-electron chi connectivity index (χ2n) is 5.53. The maximum atomic E-state index is 12.2. The van der Waals surface area contributed by atoms with Crippen molar-refractivity contribution in [2.24, 2.45) is 5.92 Å². The molecule has 6 nitrogen and oxygen atoms in total. The first-order valence-electron chi connectivity index (χ1n) is 7.04. The summed E-state index contributed by atoms with van der Waals surface area (Å²) in [5.74, 6) is 1.03. The molecule has 0 aromatic carbocycles. The Labute approximate surface area is 124 Å². The highest BCUT2D eigenvalue weighted by molar-refractivity contribution is 5.94. The van der Waals surface area contributed by atoms with E-state index in [1.807, 2.05) is 6.92 Å². The molecule has 21 heavy (non-hydrogen) atoms. The Balaban J connectivity index is 2.03. The third-order valence-electron chi connectivity index (χ3n) is 3.13. The SMILES string of the molecule is Cc1ncc(C(=O)NCc2cncn2CC(C)C)c(C)n1. The van der Waals surface area contributed by atoms with Crippen molar-refractivity contribution in [3.63, 3.8) is 0 Å². The van der Waals surface area contributed by atoms with Crippen LogP contribution >= 0.6 is 0 Å². The van der Waals surface area contributed by atoms with Crippen molar-refractivity contribution in [1.82, 2.24) is 24.8 Å². The van der Waals surface area contributed by atoms with Gasteiger partial charge in [0.25, 0.3) is 5.91 Å². The van der Waals surface area contributed by atoms with Gasteiger partial charge in [-0.2, -0.15) is 0 Å². The zero-order chi connectivity index (χ0) is 15.4. The predicted molar refractivity (Wildman–Crippen MR) is 79.7 cm³/mol. The Morgan fingerprint density at radius 2 is 2.10 bits per heavy atom. The quantitative estimate of drug-likeness (QED) is 0.911. The molecule has 0 saturated carbocycles. The van der Waals surface area contributed by atoms with Gasteiger partial charge >= 0.3 is 0 Å². The van der Waals surface area contributed by atoms with Crippen LogP contribution in [0.1, 0.15) is 41.4 Å². The first-order valence-corrected chi connectivity index (χ1v) is 7.04. The lowest BCUT2D eigenvalue weighted by Gasteiger charge is -2.11. The molecular formula is C15H21N5O. The van der Waals surface area contributed by atoms with E-state index in [2.05, 4.69) is 38.7 Å². The molecule has 0 aliphatic carbocycles. The van der Waals surface area contributed by atoms with Crippen molar-refractivity contribution in [2.75, 3.05) is 0 Å². The van der Waals surface area contributed by atoms with Crippen LogP contribution in [-0.2, 0) is 13.1 Å². The number of imidazole rings is 1. The molecule has 0 bridgehead atoms. The van der Waals surface area contributed by atoms with Gasteiger partial charge in [0, 0.05) is 18.9 Å². The van der Waals surface area contributed by atoms with E-state index in [4.69, 9.17) is 0 Å². The van der Waals surface area contributed by atoms with E-state index >= 15 is 0 Å². The molecule has 0 radical (unpaired) electrons. The number of hydrogen-bond donors (Lipinski definition) is 1. The van der Waals surface area contributed by atoms with E-state index in [1.54, 1.807) is 25.6 Å². The molecule has 0 atom stereocenters. The predicted octanol–water partition coefficient (Wildman–Crippen LogP) is 1.88. The molecule has 6 heteroatoms. The van der Waals surface area contributed by atoms with Crippen LogP contribution in [0.25, 0.3) is 0 Å². The summed E-state index contributed by atoms with van der Waals surface area (Å²) in [5, 5.41) is 2.90. The van der Waals surface area contributed by atoms with Crippen LogP contribution < -0.4 is 5.32 Å². The Morgan fingerprint density at radius 1 is 1.33 bits per heavy atom. The summed E-state index contributed by atoms with van der Waals surface area (Å²) >= 11 is 0. The van der Waals surface area contributed by atoms with Gasteiger partial charge in [0.15, 0.2) is 0 Å². The number of nitrogens with zero attached hydrogens (tertiary/aromatic N) is 4. The molecule has 2 aromatic heterocycles. The van der Waals surface area contributed by atoms with E-state index in [0.717, 1.165) is 12.2 Å². The summed E-state index contributed by atoms with van der Waals surface area (Å²) in [6, 6.07) is 0. The Morgan fingerprint density at radius 3 is 2.76 bits per heavy atom. The molecule has 2 aromatic rings. The number of aromatic nitrogens is 4. The third-order valence-corrected chi connectivity index (χ3v) is 3.13. The topological polar surface area (TPSA) is 72.7 Å². The molecule has 112 valence electrons. The van der Waals surface area contributed by atoms with E-state index in [9.17, 15) is 4.79 Å². The monoisotopic (exact) mass is 287 g/mol. The summed E-state index contributed by atoms with van der Waals surface area (Å²) in [6.07, 6.45) is 5.14. The van der Waals surface area contributed by atoms with Crippen molar-refractivity contribution >= 4 is 5.91 Å². The van der Waals surface area contributed by atoms with Gasteiger partial charge in [-0.1, -0.05) is 13.8 Å². The normalized spacial score (nSPS) is 10.9. The zero-order valence-electron chi connectivity index (χ0n) is 12.9. The maximum absolute atomic E-state index is 12.2. The molecule has 1 amide bonds. The Hall–Kier alpha value is -2.24. The molecule has 0 spiro atoms. The lowest BCUT2D eigenvalue weighted by molar-refractivity contribution is 0.0948. The molecule has 2 rings (SSSR count). The molecule has 0 unspecified atom stereocenters. The molecule has 0 aliphatic rings. The van der Waals surface area contributed by atoms with E-state index in [0.29, 0.717) is 29.5 Å². The van der Waals surface area contributed by atoms with Crippen LogP contribution in [0.2, 0.25) is 0 Å². The smallest absolute Gasteiger partial charge is 0.255 e. The second-order valence-corrected chi connectivity index (χ2v) is 5.53. The van der Waals surface area contributed by atoms with Crippen LogP contribution in [0.3, 0.4) is 0 Å². The highest BCUT2D eigenvalue weighted by Crippen LogP contribution is 2.07. The highest BCUT2D eigenvalue weighted by atomic mass is 16.1. The van der Waals surface area contributed by atoms with Gasteiger partial charge in [-0.3, -0.25) is 4.79 Å². The van der Waals surface area contributed by atoms with Gasteiger partial charge in [-0.15, -0.1) is 0 Å². The van der Waals surface area contributed by atoms with Crippen molar-refractivity contribution in [3.05, 3.63) is 41.5 Å². The van der Waals surface area contributed by atoms with Crippen LogP contribution in [0.5, 0.6) is 0 Å². The minimum atomic E-state index is -0.162. The van der Waals surface area contributed by atoms with Crippen molar-refractivity contribution in [2.45, 2.75) is 40.8 Å². The summed E-state index contributed by atoms with van der Waals surface area (Å²) in [6.45, 7) is 9.24. The number of carbonyl (C=O) groups is 1. The van der Waals surface area contributed by atoms with Gasteiger partial charge in [0.1, 0.15) is 5.82 Å². The van der Waals surface area contributed by atoms with Gasteiger partial charge in [-0.05, 0) is 19.8 Å². The molecule has 1 N–H and O–H groups in total. The van der Waals surface area contributed by atoms with Gasteiger partial charge < -0.3 is 9.88 Å². The molecule has 2 heterocycles. The van der Waals surface area contributed by atoms with Gasteiger partial charge in [0.05, 0.1) is 29.8 Å². The summed E-state index contributed by atoms with van der Waals surface area (Å²) in [7, 11) is 0. The fourth-order valence-corrected chi connectivity index (χ4v) is 2.13. The average Bonchev–Trinajstić information content (AvgIpc) is 2.82. The Kier molecular flexibility index (Phi) is 4.67. The first kappa shape index (κ1) is 15.2. The number of hydrogen-bond acceptors (Lipinski definition) is 4. The highest BCUT2D eigenvalue weighted by Gasteiger charge is 2.12. The number of carbonyl (C=O) groups excluding carboxylic acids is 1. The number of rotatable bonds is 5. The van der Waals surface area contributed by atoms with E-state index in [-0.39, 0.29) is 5.91 Å². The van der Waals surface area contributed by atoms with Crippen LogP contribution in [0, 0.1) is 19.8 Å². The minimum absolute atomic E-state index is 0.162. The lowest BCUT2D eigenvalue weighted by Crippen LogP contribution is -2.25. The molecule has 0 fully saturated rings. The standard InChI is InChI=1S/C15H21N5O/c1-10(2)8-20-9-16-5-13(20)6-18-15(21)14-7-17-12(4)19-11(14)3/h5,7,9-10H,6,8H2,1-4H3,(H,18,21). The zero-order valence-corrected chi connectivity index (χ0v) is 12.9. The maximum Gasteiger partial charge on any atom is 0.255 e. The van der Waals surface area contributed by atoms with Gasteiger partial charge in [0.2, 0.25) is 0 Å². The number of aryl methyl sites for hydroxylation is 2. The largest absolute Gasteiger partial charge is 0.346 e. The molecule has 0 aliphatic heterocycles. The number of nitrogens with one attached hydrogen (secondary N) is 1. The Bertz CT molecular complexity index is 633. The number of amides is 1. The van der Waals surface area contributed by atoms with E-state index < -0.39 is 0 Å². The van der Waals surface area contributed by atoms with Crippen LogP contribution in [-0.4, -0.2) is 25.4 Å². The molecule has 0 saturated heterocycles. The lowest BCUT2D eigenvalue weighted by atomic mass is 10.2. The van der Waals surface area contributed by atoms with E-state index in [1.165, 1.54) is 0 Å². The fourth-order valence-electron chi connectivity index (χ4n) is 2.13. The summed E-state index contributed by atoms with van der Waals surface area (Å²) < 4.78 is 2.06.